The minimum absolute atomic E-state index is 0.0896. The van der Waals surface area contributed by atoms with Gasteiger partial charge in [-0.25, -0.2) is 0 Å². The van der Waals surface area contributed by atoms with Crippen molar-refractivity contribution in [2.45, 2.75) is 25.3 Å². The van der Waals surface area contributed by atoms with Gasteiger partial charge in [-0.1, -0.05) is 0 Å². The van der Waals surface area contributed by atoms with Gasteiger partial charge in [-0.15, -0.1) is 0 Å². The number of piperidine rings is 1. The van der Waals surface area contributed by atoms with Gasteiger partial charge in [-0.2, -0.15) is 5.26 Å². The fourth-order valence-electron chi connectivity index (χ4n) is 1.93. The lowest BCUT2D eigenvalue weighted by molar-refractivity contribution is -0.123. The topological polar surface area (TPSA) is 96.1 Å². The molecule has 4 N–H and O–H groups in total. The number of nitriles is 1. The molecule has 5 heteroatoms. The number of nitrogens with two attached hydrogens (primary N) is 2. The van der Waals surface area contributed by atoms with Crippen LogP contribution in [0.4, 0.5) is 0 Å². The van der Waals surface area contributed by atoms with Gasteiger partial charge in [0.25, 0.3) is 0 Å². The molecule has 0 aromatic heterocycles. The molecule has 1 saturated heterocycles. The second-order valence-electron chi connectivity index (χ2n) is 4.51. The summed E-state index contributed by atoms with van der Waals surface area (Å²) >= 11 is 0. The fraction of sp³-hybridized carbons (Fsp3) is 0.800. The average Bonchev–Trinajstić information content (AvgIpc) is 2.17. The molecule has 0 aliphatic carbocycles. The first-order valence-corrected chi connectivity index (χ1v) is 5.16. The van der Waals surface area contributed by atoms with Crippen LogP contribution in [0, 0.1) is 17.2 Å². The molecule has 1 aliphatic heterocycles. The average molecular weight is 210 g/mol. The van der Waals surface area contributed by atoms with Gasteiger partial charge in [0.2, 0.25) is 5.91 Å². The number of carbonyl (C=O) groups excluding carboxylic acids is 1. The third kappa shape index (κ3) is 3.50. The molecule has 0 bridgehead atoms. The lowest BCUT2D eigenvalue weighted by Gasteiger charge is -2.34. The van der Waals surface area contributed by atoms with Gasteiger partial charge in [0.1, 0.15) is 5.54 Å². The van der Waals surface area contributed by atoms with Crippen LogP contribution in [0.1, 0.15) is 19.8 Å². The van der Waals surface area contributed by atoms with E-state index in [2.05, 4.69) is 6.07 Å². The van der Waals surface area contributed by atoms with Crippen LogP contribution >= 0.6 is 0 Å². The Morgan fingerprint density at radius 1 is 1.73 bits per heavy atom. The van der Waals surface area contributed by atoms with E-state index >= 15 is 0 Å². The summed E-state index contributed by atoms with van der Waals surface area (Å²) in [7, 11) is 0. The number of likely N-dealkylation sites (tertiary alicyclic amines) is 1. The van der Waals surface area contributed by atoms with Gasteiger partial charge < -0.3 is 11.5 Å². The molecule has 1 aliphatic rings. The number of amides is 1. The van der Waals surface area contributed by atoms with E-state index in [0.717, 1.165) is 19.4 Å². The smallest absolute Gasteiger partial charge is 0.221 e. The summed E-state index contributed by atoms with van der Waals surface area (Å²) in [5.74, 6) is -0.344. The lowest BCUT2D eigenvalue weighted by atomic mass is 9.95. The van der Waals surface area contributed by atoms with Crippen molar-refractivity contribution in [3.05, 3.63) is 0 Å². The predicted octanol–water partition coefficient (Wildman–Crippen LogP) is -0.575. The Morgan fingerprint density at radius 3 is 2.93 bits per heavy atom. The van der Waals surface area contributed by atoms with Gasteiger partial charge in [0.15, 0.2) is 0 Å². The molecule has 1 rings (SSSR count). The Bertz CT molecular complexity index is 282. The number of hydrogen-bond acceptors (Lipinski definition) is 4. The summed E-state index contributed by atoms with van der Waals surface area (Å²) < 4.78 is 0. The third-order valence-electron chi connectivity index (χ3n) is 2.72. The summed E-state index contributed by atoms with van der Waals surface area (Å²) in [6, 6.07) is 2.05. The number of rotatable bonds is 3. The molecule has 1 heterocycles. The fourth-order valence-corrected chi connectivity index (χ4v) is 1.93. The SMILES string of the molecule is CC(N)(C#N)CN1CCCC(C(N)=O)C1. The van der Waals surface area contributed by atoms with E-state index in [1.54, 1.807) is 6.92 Å². The van der Waals surface area contributed by atoms with Crippen LogP contribution in [0.3, 0.4) is 0 Å². The van der Waals surface area contributed by atoms with Crippen molar-refractivity contribution in [1.82, 2.24) is 4.90 Å². The zero-order chi connectivity index (χ0) is 11.5. The molecule has 5 nitrogen and oxygen atoms in total. The minimum Gasteiger partial charge on any atom is -0.369 e. The van der Waals surface area contributed by atoms with Crippen LogP contribution in [0.25, 0.3) is 0 Å². The van der Waals surface area contributed by atoms with Crippen LogP contribution in [0.2, 0.25) is 0 Å². The highest BCUT2D eigenvalue weighted by atomic mass is 16.1. The normalized spacial score (nSPS) is 26.6. The highest BCUT2D eigenvalue weighted by molar-refractivity contribution is 5.76. The molecule has 0 aromatic rings. The van der Waals surface area contributed by atoms with Crippen molar-refractivity contribution >= 4 is 5.91 Å². The van der Waals surface area contributed by atoms with E-state index in [9.17, 15) is 4.79 Å². The first-order chi connectivity index (χ1) is 6.94. The molecule has 0 aromatic carbocycles. The van der Waals surface area contributed by atoms with Gasteiger partial charge in [0, 0.05) is 13.1 Å². The lowest BCUT2D eigenvalue weighted by Crippen LogP contribution is -2.51. The molecule has 0 saturated carbocycles. The summed E-state index contributed by atoms with van der Waals surface area (Å²) in [4.78, 5) is 13.1. The first-order valence-electron chi connectivity index (χ1n) is 5.16. The van der Waals surface area contributed by atoms with Crippen LogP contribution in [0.5, 0.6) is 0 Å². The van der Waals surface area contributed by atoms with Crippen molar-refractivity contribution in [1.29, 1.82) is 5.26 Å². The zero-order valence-corrected chi connectivity index (χ0v) is 9.07. The van der Waals surface area contributed by atoms with E-state index in [-0.39, 0.29) is 11.8 Å². The molecular weight excluding hydrogens is 192 g/mol. The Kier molecular flexibility index (Phi) is 3.66. The van der Waals surface area contributed by atoms with Crippen LogP contribution in [-0.2, 0) is 4.79 Å². The predicted molar refractivity (Wildman–Crippen MR) is 56.6 cm³/mol. The Labute approximate surface area is 90.0 Å². The molecule has 1 fully saturated rings. The Morgan fingerprint density at radius 2 is 2.40 bits per heavy atom. The van der Waals surface area contributed by atoms with E-state index in [1.807, 2.05) is 4.90 Å². The van der Waals surface area contributed by atoms with E-state index in [4.69, 9.17) is 16.7 Å². The van der Waals surface area contributed by atoms with Crippen LogP contribution in [-0.4, -0.2) is 36.0 Å². The molecule has 0 spiro atoms. The molecule has 1 amide bonds. The highest BCUT2D eigenvalue weighted by Crippen LogP contribution is 2.17. The second kappa shape index (κ2) is 4.60. The zero-order valence-electron chi connectivity index (χ0n) is 9.07. The first kappa shape index (κ1) is 12.0. The van der Waals surface area contributed by atoms with Gasteiger partial charge >= 0.3 is 0 Å². The Balaban J connectivity index is 2.51. The van der Waals surface area contributed by atoms with Crippen molar-refractivity contribution in [3.8, 4) is 6.07 Å². The largest absolute Gasteiger partial charge is 0.369 e. The molecular formula is C10H18N4O. The van der Waals surface area contributed by atoms with Crippen molar-refractivity contribution in [3.63, 3.8) is 0 Å². The van der Waals surface area contributed by atoms with Crippen molar-refractivity contribution in [2.24, 2.45) is 17.4 Å². The van der Waals surface area contributed by atoms with Gasteiger partial charge in [0.05, 0.1) is 12.0 Å². The molecule has 84 valence electrons. The molecule has 15 heavy (non-hydrogen) atoms. The monoisotopic (exact) mass is 210 g/mol. The van der Waals surface area contributed by atoms with Gasteiger partial charge in [-0.3, -0.25) is 9.69 Å². The summed E-state index contributed by atoms with van der Waals surface area (Å²) in [5.41, 5.74) is 10.2. The van der Waals surface area contributed by atoms with Crippen LogP contribution in [0.15, 0.2) is 0 Å². The number of nitrogens with zero attached hydrogens (tertiary/aromatic N) is 2. The highest BCUT2D eigenvalue weighted by Gasteiger charge is 2.28. The number of carbonyl (C=O) groups is 1. The van der Waals surface area contributed by atoms with Crippen LogP contribution < -0.4 is 11.5 Å². The summed E-state index contributed by atoms with van der Waals surface area (Å²) in [6.45, 7) is 3.70. The third-order valence-corrected chi connectivity index (χ3v) is 2.72. The standard InChI is InChI=1S/C10H18N4O/c1-10(13,6-11)7-14-4-2-3-8(5-14)9(12)15/h8H,2-5,7,13H2,1H3,(H2,12,15). The number of hydrogen-bond donors (Lipinski definition) is 2. The maximum Gasteiger partial charge on any atom is 0.221 e. The van der Waals surface area contributed by atoms with Gasteiger partial charge in [-0.05, 0) is 26.3 Å². The molecule has 2 atom stereocenters. The van der Waals surface area contributed by atoms with Crippen molar-refractivity contribution < 1.29 is 4.79 Å². The Hall–Kier alpha value is -1.12. The van der Waals surface area contributed by atoms with E-state index in [1.165, 1.54) is 0 Å². The second-order valence-corrected chi connectivity index (χ2v) is 4.51. The maximum absolute atomic E-state index is 11.0. The quantitative estimate of drug-likeness (QED) is 0.651. The number of primary amides is 1. The van der Waals surface area contributed by atoms with E-state index in [0.29, 0.717) is 13.1 Å². The van der Waals surface area contributed by atoms with Crippen molar-refractivity contribution in [2.75, 3.05) is 19.6 Å². The minimum atomic E-state index is -0.848. The maximum atomic E-state index is 11.0. The summed E-state index contributed by atoms with van der Waals surface area (Å²) in [5, 5.41) is 8.81. The van der Waals surface area contributed by atoms with E-state index < -0.39 is 5.54 Å². The molecule has 2 unspecified atom stereocenters. The molecule has 0 radical (unpaired) electrons. The summed E-state index contributed by atoms with van der Waals surface area (Å²) in [6.07, 6.45) is 1.79.